The minimum absolute atomic E-state index is 0.00646. The average Bonchev–Trinajstić information content (AvgIpc) is 1.63. The summed E-state index contributed by atoms with van der Waals surface area (Å²) in [4.78, 5) is 219. The molecule has 6 amide bonds. The Bertz CT molecular complexity index is 5190. The summed E-state index contributed by atoms with van der Waals surface area (Å²) < 4.78 is 0. The molecule has 3 aromatic heterocycles. The predicted octanol–water partition coefficient (Wildman–Crippen LogP) is 9.42. The molecule has 0 aliphatic carbocycles. The highest BCUT2D eigenvalue weighted by Crippen LogP contribution is 2.38. The Morgan fingerprint density at radius 2 is 0.597 bits per heavy atom. The minimum atomic E-state index is -1.99. The van der Waals surface area contributed by atoms with Crippen LogP contribution in [0.4, 0.5) is 10.5 Å². The van der Waals surface area contributed by atoms with Gasteiger partial charge in [-0.25, -0.2) is 57.5 Å². The first-order chi connectivity index (χ1) is 56.5. The van der Waals surface area contributed by atoms with Crippen molar-refractivity contribution in [2.45, 2.75) is 114 Å². The second-order valence-electron chi connectivity index (χ2n) is 28.1. The number of hydrogen-bond acceptors (Lipinski definition) is 16. The van der Waals surface area contributed by atoms with Crippen LogP contribution in [-0.4, -0.2) is 197 Å². The Balaban J connectivity index is 0.971. The van der Waals surface area contributed by atoms with Crippen LogP contribution in [0.3, 0.4) is 0 Å². The normalized spacial score (nSPS) is 12.0. The second-order valence-corrected chi connectivity index (χ2v) is 28.1. The molecule has 7 aromatic carbocycles. The van der Waals surface area contributed by atoms with Crippen LogP contribution < -0.4 is 31.9 Å². The van der Waals surface area contributed by atoms with Gasteiger partial charge < -0.3 is 103 Å². The number of carbonyl (C=O) groups excluding carboxylic acids is 5. The Morgan fingerprint density at radius 3 is 0.882 bits per heavy atom. The highest BCUT2D eigenvalue weighted by molar-refractivity contribution is 6.03. The van der Waals surface area contributed by atoms with Crippen LogP contribution in [0.25, 0.3) is 66.5 Å². The van der Waals surface area contributed by atoms with Gasteiger partial charge in [0.05, 0.1) is 44.5 Å². The van der Waals surface area contributed by atoms with E-state index in [1.165, 1.54) is 0 Å². The van der Waals surface area contributed by atoms with Crippen LogP contribution in [0.2, 0.25) is 0 Å². The van der Waals surface area contributed by atoms with Gasteiger partial charge in [0.2, 0.25) is 23.6 Å². The Kier molecular flexibility index (Phi) is 27.2. The zero-order chi connectivity index (χ0) is 86.3. The smallest absolute Gasteiger partial charge is 0.335 e. The molecule has 0 bridgehead atoms. The summed E-state index contributed by atoms with van der Waals surface area (Å²) in [5.41, 5.74) is -3.69. The number of carboxylic acids is 11. The largest absolute Gasteiger partial charge is 0.480 e. The number of H-pyrrole nitrogens is 3. The van der Waals surface area contributed by atoms with Gasteiger partial charge in [-0.05, 0) is 156 Å². The van der Waals surface area contributed by atoms with E-state index in [1.807, 2.05) is 0 Å². The molecule has 0 unspecified atom stereocenters. The molecule has 0 fully saturated rings. The van der Waals surface area contributed by atoms with Crippen molar-refractivity contribution < 1.29 is 133 Å². The number of rotatable bonds is 41. The van der Waals surface area contributed by atoms with E-state index in [0.717, 1.165) is 72.8 Å². The molecule has 0 spiro atoms. The van der Waals surface area contributed by atoms with E-state index >= 15 is 0 Å². The highest BCUT2D eigenvalue weighted by Gasteiger charge is 2.37. The number of fused-ring (bicyclic) bond motifs is 3. The molecule has 3 heterocycles. The van der Waals surface area contributed by atoms with Crippen molar-refractivity contribution in [3.8, 4) is 33.8 Å². The maximum atomic E-state index is 14.7. The van der Waals surface area contributed by atoms with E-state index in [4.69, 9.17) is 0 Å². The first kappa shape index (κ1) is 85.9. The average molecular weight is 1630 g/mol. The Morgan fingerprint density at radius 1 is 0.319 bits per heavy atom. The van der Waals surface area contributed by atoms with Crippen molar-refractivity contribution in [2.24, 2.45) is 0 Å². The molecule has 36 heteroatoms. The predicted molar refractivity (Wildman–Crippen MR) is 422 cm³/mol. The minimum Gasteiger partial charge on any atom is -0.480 e. The van der Waals surface area contributed by atoms with Crippen molar-refractivity contribution in [1.29, 1.82) is 0 Å². The van der Waals surface area contributed by atoms with E-state index in [2.05, 4.69) is 46.9 Å². The van der Waals surface area contributed by atoms with Crippen molar-refractivity contribution in [3.63, 3.8) is 0 Å². The number of aromatic carboxylic acids is 8. The van der Waals surface area contributed by atoms with Crippen molar-refractivity contribution in [1.82, 2.24) is 41.5 Å². The number of nitrogens with one attached hydrogen (secondary N) is 9. The summed E-state index contributed by atoms with van der Waals surface area (Å²) in [6.45, 7) is 0.0116. The fourth-order valence-electron chi connectivity index (χ4n) is 14.1. The number of benzene rings is 7. The lowest BCUT2D eigenvalue weighted by Gasteiger charge is -2.35. The lowest BCUT2D eigenvalue weighted by Crippen LogP contribution is -2.52. The number of aromatic nitrogens is 3. The Labute approximate surface area is 671 Å². The Hall–Kier alpha value is -15.5. The zero-order valence-corrected chi connectivity index (χ0v) is 62.6. The molecule has 36 nitrogen and oxygen atoms in total. The summed E-state index contributed by atoms with van der Waals surface area (Å²) in [7, 11) is 0. The number of urea groups is 1. The van der Waals surface area contributed by atoms with Gasteiger partial charge in [0, 0.05) is 113 Å². The van der Waals surface area contributed by atoms with Gasteiger partial charge in [0.15, 0.2) is 0 Å². The maximum absolute atomic E-state index is 14.7. The third kappa shape index (κ3) is 21.7. The molecule has 0 radical (unpaired) electrons. The van der Waals surface area contributed by atoms with E-state index in [1.54, 1.807) is 72.8 Å². The number of aliphatic carboxylic acids is 3. The summed E-state index contributed by atoms with van der Waals surface area (Å²) in [6.07, 6.45) is -5.08. The molecular formula is C83H77N9O27. The number of para-hydroxylation sites is 3. The maximum Gasteiger partial charge on any atom is 0.335 e. The van der Waals surface area contributed by atoms with Gasteiger partial charge in [-0.3, -0.25) is 19.2 Å². The van der Waals surface area contributed by atoms with Gasteiger partial charge in [-0.1, -0.05) is 67.4 Å². The van der Waals surface area contributed by atoms with Crippen molar-refractivity contribution in [3.05, 3.63) is 207 Å². The zero-order valence-electron chi connectivity index (χ0n) is 62.6. The fourth-order valence-corrected chi connectivity index (χ4v) is 14.1. The summed E-state index contributed by atoms with van der Waals surface area (Å²) in [5, 5.41) is 128. The van der Waals surface area contributed by atoms with Crippen LogP contribution in [-0.2, 0) is 52.8 Å². The lowest BCUT2D eigenvalue weighted by atomic mass is 9.82. The van der Waals surface area contributed by atoms with E-state index in [9.17, 15) is 133 Å². The van der Waals surface area contributed by atoms with Crippen LogP contribution in [0, 0.1) is 0 Å². The third-order valence-corrected chi connectivity index (χ3v) is 19.9. The first-order valence-corrected chi connectivity index (χ1v) is 36.7. The number of hydrogen-bond donors (Lipinski definition) is 20. The molecule has 119 heavy (non-hydrogen) atoms. The third-order valence-electron chi connectivity index (χ3n) is 19.9. The van der Waals surface area contributed by atoms with Gasteiger partial charge in [0.1, 0.15) is 18.1 Å². The SMILES string of the molecule is O=C(CCC(CCC(=O)N[C@@H](Cc1c(-c2cc(C(=O)O)cc(C(=O)O)c2)[nH]c2ccccc12)C(=O)O)(CCC(=O)N[C@@H](Cc1c(-c2cc(C(=O)O)cc(C(=O)O)c2)[nH]c2ccccc12)C(=O)O)NC(=O)CCCCCCNC(=O)Nc1cc(C(=O)O)cc(C(=O)O)c1)N[C@@H](Cc1c(-c2cc(C(=O)O)cc(C(=O)O)c2)[nH]c2ccccc12)C(=O)O. The first-order valence-electron chi connectivity index (χ1n) is 36.7. The van der Waals surface area contributed by atoms with E-state index < -0.39 is 221 Å². The van der Waals surface area contributed by atoms with Gasteiger partial charge in [-0.2, -0.15) is 0 Å². The van der Waals surface area contributed by atoms with E-state index in [0.29, 0.717) is 39.1 Å². The van der Waals surface area contributed by atoms with Crippen molar-refractivity contribution in [2.75, 3.05) is 11.9 Å². The number of anilines is 1. The molecule has 0 aliphatic rings. The fraction of sp³-hybridized carbons (Fsp3) is 0.229. The quantitative estimate of drug-likeness (QED) is 0.0159. The van der Waals surface area contributed by atoms with Gasteiger partial charge in [0.25, 0.3) is 0 Å². The van der Waals surface area contributed by atoms with Gasteiger partial charge in [-0.15, -0.1) is 0 Å². The number of amides is 6. The molecule has 3 atom stereocenters. The number of carbonyl (C=O) groups is 16. The topological polar surface area (TPSA) is 615 Å². The number of aromatic amines is 3. The summed E-state index contributed by atoms with van der Waals surface area (Å²) in [6, 6.07) is 25.5. The molecule has 10 aromatic rings. The lowest BCUT2D eigenvalue weighted by molar-refractivity contribution is -0.142. The van der Waals surface area contributed by atoms with Crippen LogP contribution >= 0.6 is 0 Å². The highest BCUT2D eigenvalue weighted by atomic mass is 16.4. The van der Waals surface area contributed by atoms with Gasteiger partial charge >= 0.3 is 71.7 Å². The molecule has 10 rings (SSSR count). The summed E-state index contributed by atoms with van der Waals surface area (Å²) in [5.74, 6) is -20.7. The molecule has 0 saturated heterocycles. The van der Waals surface area contributed by atoms with Crippen LogP contribution in [0.15, 0.2) is 146 Å². The van der Waals surface area contributed by atoms with Crippen molar-refractivity contribution >= 4 is 134 Å². The van der Waals surface area contributed by atoms with Crippen LogP contribution in [0.1, 0.15) is 170 Å². The molecule has 616 valence electrons. The summed E-state index contributed by atoms with van der Waals surface area (Å²) >= 11 is 0. The number of unbranched alkanes of at least 4 members (excludes halogenated alkanes) is 3. The molecule has 20 N–H and O–H groups in total. The molecular weight excluding hydrogens is 1550 g/mol. The monoisotopic (exact) mass is 1630 g/mol. The number of carboxylic acid groups (broad SMARTS) is 11. The molecule has 0 aliphatic heterocycles. The molecule has 0 saturated carbocycles. The second kappa shape index (κ2) is 37.6. The van der Waals surface area contributed by atoms with E-state index in [-0.39, 0.29) is 88.4 Å². The standard InChI is InChI=1S/C83H77N9O27/c93-64(86-61(79(113)114)37-55-52-11-4-7-14-58(52)89-68(55)40-25-43(71(97)98)31-44(26-40)72(99)100)18-21-83(92-67(96)17-3-1-2-10-24-84-82(119)85-51-35-49(77(109)110)34-50(36-51)78(111)112,22-19-65(94)87-62(80(115)116)38-56-53-12-5-8-15-59(53)90-69(56)41-27-45(73(101)102)32-46(28-41)74(103)104)23-20-66(95)88-63(81(117)118)39-57-54-13-6-9-16-60(54)91-70(57)42-29-47(75(105)106)33-48(30-42)76(107)108/h4-9,11-16,25-36,61-63,89-91H,1-3,10,17-24,37-39H2,(H,86,93)(H,87,94)(H,88,95)(H,92,96)(H,97,98)(H,99,100)(H,101,102)(H,103,104)(H,105,106)(H,107,108)(H,109,110)(H,111,112)(H,113,114)(H,115,116)(H,117,118)(H2,84,85,119)/t61-,62-,63-/m0/s1. The van der Waals surface area contributed by atoms with Crippen LogP contribution in [0.5, 0.6) is 0 Å².